The minimum absolute atomic E-state index is 0.279. The Hall–Kier alpha value is -3.92. The fraction of sp³-hybridized carbons (Fsp3) is 0.0769. The molecule has 1 aliphatic heterocycles. The number of nitrogens with zero attached hydrogens (tertiary/aromatic N) is 1. The first-order valence-corrected chi connectivity index (χ1v) is 10.1. The second kappa shape index (κ2) is 5.36. The lowest BCUT2D eigenvalue weighted by atomic mass is 9.91. The fourth-order valence-corrected chi connectivity index (χ4v) is 5.11. The lowest BCUT2D eigenvalue weighted by Gasteiger charge is -2.27. The maximum atomic E-state index is 13.4. The number of fused-ring (bicyclic) bond motifs is 3. The summed E-state index contributed by atoms with van der Waals surface area (Å²) < 4.78 is 5.97. The Morgan fingerprint density at radius 3 is 2.07 bits per heavy atom. The van der Waals surface area contributed by atoms with Gasteiger partial charge in [0.15, 0.2) is 0 Å². The summed E-state index contributed by atoms with van der Waals surface area (Å²) in [7, 11) is 0. The second-order valence-electron chi connectivity index (χ2n) is 8.02. The molecule has 0 unspecified atom stereocenters. The highest BCUT2D eigenvalue weighted by Crippen LogP contribution is 2.40. The second-order valence-corrected chi connectivity index (χ2v) is 8.02. The van der Waals surface area contributed by atoms with Crippen molar-refractivity contribution >= 4 is 50.2 Å². The lowest BCUT2D eigenvalue weighted by molar-refractivity contribution is 0.0893. The molecule has 0 saturated heterocycles. The average Bonchev–Trinajstić information content (AvgIpc) is 3.35. The number of amides is 2. The molecular formula is C26H15NO3. The van der Waals surface area contributed by atoms with Gasteiger partial charge in [-0.1, -0.05) is 30.3 Å². The van der Waals surface area contributed by atoms with E-state index in [0.29, 0.717) is 22.4 Å². The van der Waals surface area contributed by atoms with Gasteiger partial charge in [-0.2, -0.15) is 0 Å². The number of hydrogen-bond donors (Lipinski definition) is 0. The largest absolute Gasteiger partial charge is 0.456 e. The average molecular weight is 389 g/mol. The van der Waals surface area contributed by atoms with E-state index < -0.39 is 0 Å². The molecular weight excluding hydrogens is 374 g/mol. The molecule has 0 radical (unpaired) electrons. The van der Waals surface area contributed by atoms with Gasteiger partial charge < -0.3 is 4.42 Å². The van der Waals surface area contributed by atoms with Crippen molar-refractivity contribution in [2.24, 2.45) is 0 Å². The molecule has 0 spiro atoms. The number of furan rings is 1. The molecule has 30 heavy (non-hydrogen) atoms. The van der Waals surface area contributed by atoms with Crippen molar-refractivity contribution in [1.29, 1.82) is 0 Å². The summed E-state index contributed by atoms with van der Waals surface area (Å²) in [6.07, 6.45) is 1.93. The van der Waals surface area contributed by atoms with Gasteiger partial charge in [-0.3, -0.25) is 9.59 Å². The van der Waals surface area contributed by atoms with Crippen molar-refractivity contribution in [3.05, 3.63) is 89.0 Å². The number of imide groups is 1. The summed E-state index contributed by atoms with van der Waals surface area (Å²) in [6, 6.07) is 21.2. The van der Waals surface area contributed by atoms with Gasteiger partial charge in [0.25, 0.3) is 11.8 Å². The SMILES string of the molecule is O=C1c2ccc3c4c(ccc(c24)C(=O)N1c1ccc2c(c1)oc1ccccc12)CC3. The number of para-hydroxylation sites is 1. The van der Waals surface area contributed by atoms with Gasteiger partial charge in [0, 0.05) is 33.4 Å². The first-order valence-electron chi connectivity index (χ1n) is 10.1. The molecule has 0 bridgehead atoms. The van der Waals surface area contributed by atoms with Crippen LogP contribution < -0.4 is 4.90 Å². The van der Waals surface area contributed by atoms with Gasteiger partial charge in [0.2, 0.25) is 0 Å². The Bertz CT molecular complexity index is 1530. The monoisotopic (exact) mass is 389 g/mol. The minimum atomic E-state index is -0.279. The number of benzene rings is 4. The van der Waals surface area contributed by atoms with Crippen LogP contribution in [0.3, 0.4) is 0 Å². The molecule has 1 aromatic heterocycles. The number of anilines is 1. The van der Waals surface area contributed by atoms with Crippen LogP contribution >= 0.6 is 0 Å². The Balaban J connectivity index is 1.45. The van der Waals surface area contributed by atoms with E-state index in [-0.39, 0.29) is 11.8 Å². The summed E-state index contributed by atoms with van der Waals surface area (Å²) >= 11 is 0. The molecule has 0 atom stereocenters. The van der Waals surface area contributed by atoms with E-state index in [2.05, 4.69) is 0 Å². The quantitative estimate of drug-likeness (QED) is 0.349. The van der Waals surface area contributed by atoms with Crippen molar-refractivity contribution in [3.8, 4) is 0 Å². The zero-order valence-electron chi connectivity index (χ0n) is 15.9. The Kier molecular flexibility index (Phi) is 2.85. The molecule has 2 amide bonds. The molecule has 5 aromatic rings. The fourth-order valence-electron chi connectivity index (χ4n) is 5.11. The number of hydrogen-bond acceptors (Lipinski definition) is 3. The van der Waals surface area contributed by atoms with Crippen molar-refractivity contribution in [3.63, 3.8) is 0 Å². The zero-order valence-corrected chi connectivity index (χ0v) is 15.9. The summed E-state index contributed by atoms with van der Waals surface area (Å²) in [5.74, 6) is -0.558. The van der Waals surface area contributed by atoms with Crippen LogP contribution in [0, 0.1) is 0 Å². The summed E-state index contributed by atoms with van der Waals surface area (Å²) in [5.41, 5.74) is 5.61. The molecule has 2 heterocycles. The smallest absolute Gasteiger partial charge is 0.265 e. The van der Waals surface area contributed by atoms with Crippen LogP contribution in [0.15, 0.2) is 71.1 Å². The predicted octanol–water partition coefficient (Wildman–Crippen LogP) is 5.64. The van der Waals surface area contributed by atoms with E-state index in [1.165, 1.54) is 16.0 Å². The molecule has 0 fully saturated rings. The molecule has 0 saturated carbocycles. The molecule has 142 valence electrons. The molecule has 0 N–H and O–H groups in total. The summed E-state index contributed by atoms with van der Waals surface area (Å²) in [4.78, 5) is 28.2. The van der Waals surface area contributed by atoms with Crippen LogP contribution in [0.1, 0.15) is 31.8 Å². The third-order valence-corrected chi connectivity index (χ3v) is 6.48. The van der Waals surface area contributed by atoms with Crippen molar-refractivity contribution in [1.82, 2.24) is 0 Å². The topological polar surface area (TPSA) is 50.5 Å². The highest BCUT2D eigenvalue weighted by molar-refractivity contribution is 6.36. The Morgan fingerprint density at radius 1 is 0.667 bits per heavy atom. The standard InChI is InChI=1S/C26H15NO3/c28-25-19-10-7-14-5-6-15-8-11-20(24(19)23(14)15)26(29)27(25)16-9-12-18-17-3-1-2-4-21(17)30-22(18)13-16/h1-4,7-13H,5-6H2. The third kappa shape index (κ3) is 1.86. The maximum absolute atomic E-state index is 13.4. The van der Waals surface area contributed by atoms with Crippen molar-refractivity contribution in [2.75, 3.05) is 4.90 Å². The number of rotatable bonds is 1. The van der Waals surface area contributed by atoms with Gasteiger partial charge in [0.05, 0.1) is 5.69 Å². The molecule has 2 aliphatic rings. The molecule has 4 nitrogen and oxygen atoms in total. The van der Waals surface area contributed by atoms with Crippen LogP contribution in [0.25, 0.3) is 32.7 Å². The molecule has 4 heteroatoms. The van der Waals surface area contributed by atoms with Crippen molar-refractivity contribution in [2.45, 2.75) is 12.8 Å². The van der Waals surface area contributed by atoms with Crippen LogP contribution in [0.5, 0.6) is 0 Å². The number of carbonyl (C=O) groups is 2. The lowest BCUT2D eigenvalue weighted by Crippen LogP contribution is -2.40. The van der Waals surface area contributed by atoms with Gasteiger partial charge >= 0.3 is 0 Å². The van der Waals surface area contributed by atoms with Crippen LogP contribution in [0.4, 0.5) is 5.69 Å². The van der Waals surface area contributed by atoms with Crippen LogP contribution in [-0.2, 0) is 12.8 Å². The summed E-state index contributed by atoms with van der Waals surface area (Å²) in [5, 5.41) is 3.90. The van der Waals surface area contributed by atoms with Crippen LogP contribution in [-0.4, -0.2) is 11.8 Å². The van der Waals surface area contributed by atoms with E-state index in [1.54, 1.807) is 6.07 Å². The molecule has 1 aliphatic carbocycles. The zero-order chi connectivity index (χ0) is 20.0. The van der Waals surface area contributed by atoms with Crippen LogP contribution in [0.2, 0.25) is 0 Å². The van der Waals surface area contributed by atoms with E-state index in [0.717, 1.165) is 40.0 Å². The number of carbonyl (C=O) groups excluding carboxylic acids is 2. The van der Waals surface area contributed by atoms with Gasteiger partial charge in [0.1, 0.15) is 11.2 Å². The highest BCUT2D eigenvalue weighted by atomic mass is 16.3. The highest BCUT2D eigenvalue weighted by Gasteiger charge is 2.36. The third-order valence-electron chi connectivity index (χ3n) is 6.48. The first-order chi connectivity index (χ1) is 14.7. The van der Waals surface area contributed by atoms with Gasteiger partial charge in [-0.05, 0) is 59.7 Å². The molecule has 4 aromatic carbocycles. The predicted molar refractivity (Wildman–Crippen MR) is 116 cm³/mol. The van der Waals surface area contributed by atoms with E-state index in [1.807, 2.05) is 60.7 Å². The van der Waals surface area contributed by atoms with E-state index in [4.69, 9.17) is 4.42 Å². The van der Waals surface area contributed by atoms with Gasteiger partial charge in [-0.15, -0.1) is 0 Å². The number of aryl methyl sites for hydroxylation is 2. The molecule has 7 rings (SSSR count). The Morgan fingerprint density at radius 2 is 1.33 bits per heavy atom. The van der Waals surface area contributed by atoms with E-state index in [9.17, 15) is 9.59 Å². The first kappa shape index (κ1) is 15.9. The van der Waals surface area contributed by atoms with E-state index >= 15 is 0 Å². The Labute approximate surface area is 171 Å². The maximum Gasteiger partial charge on any atom is 0.265 e. The van der Waals surface area contributed by atoms with Gasteiger partial charge in [-0.25, -0.2) is 4.90 Å². The normalized spacial score (nSPS) is 15.1. The minimum Gasteiger partial charge on any atom is -0.456 e. The van der Waals surface area contributed by atoms with Crippen molar-refractivity contribution < 1.29 is 14.0 Å². The summed E-state index contributed by atoms with van der Waals surface area (Å²) in [6.45, 7) is 0.